The maximum absolute atomic E-state index is 12.0. The Morgan fingerprint density at radius 2 is 2.29 bits per heavy atom. The molecule has 0 bridgehead atoms. The topological polar surface area (TPSA) is 116 Å². The molecule has 3 N–H and O–H groups in total. The highest BCUT2D eigenvalue weighted by molar-refractivity contribution is 6.00. The van der Waals surface area contributed by atoms with Crippen molar-refractivity contribution in [2.45, 2.75) is 13.0 Å². The van der Waals surface area contributed by atoms with E-state index in [-0.39, 0.29) is 16.9 Å². The Hall–Kier alpha value is -2.90. The number of imidazole rings is 1. The van der Waals surface area contributed by atoms with Crippen molar-refractivity contribution < 1.29 is 9.72 Å². The molecule has 0 saturated carbocycles. The van der Waals surface area contributed by atoms with Crippen molar-refractivity contribution in [2.75, 3.05) is 12.3 Å². The third-order valence-electron chi connectivity index (χ3n) is 2.93. The first-order chi connectivity index (χ1) is 10.1. The number of nitrogens with one attached hydrogen (secondary N) is 1. The standard InChI is InChI=1S/C13H15N5O3/c14-11-4-1-3-10(12(11)18(20)21)13(19)16-5-2-7-17-8-6-15-9-17/h1,3-4,6,8-9H,2,5,7,14H2,(H,16,19). The number of aromatic nitrogens is 2. The van der Waals surface area contributed by atoms with Crippen molar-refractivity contribution in [2.24, 2.45) is 0 Å². The molecule has 1 aromatic heterocycles. The van der Waals surface area contributed by atoms with Gasteiger partial charge in [0, 0.05) is 25.5 Å². The lowest BCUT2D eigenvalue weighted by molar-refractivity contribution is -0.384. The number of hydrogen-bond donors (Lipinski definition) is 2. The van der Waals surface area contributed by atoms with Gasteiger partial charge in [0.1, 0.15) is 11.3 Å². The molecule has 0 fully saturated rings. The number of para-hydroxylation sites is 1. The van der Waals surface area contributed by atoms with Gasteiger partial charge in [0.2, 0.25) is 0 Å². The van der Waals surface area contributed by atoms with Gasteiger partial charge in [-0.05, 0) is 18.6 Å². The monoisotopic (exact) mass is 289 g/mol. The summed E-state index contributed by atoms with van der Waals surface area (Å²) >= 11 is 0. The van der Waals surface area contributed by atoms with Gasteiger partial charge < -0.3 is 15.6 Å². The van der Waals surface area contributed by atoms with E-state index in [1.807, 2.05) is 10.8 Å². The van der Waals surface area contributed by atoms with Gasteiger partial charge in [0.15, 0.2) is 0 Å². The Kier molecular flexibility index (Phi) is 4.50. The molecule has 1 amide bonds. The summed E-state index contributed by atoms with van der Waals surface area (Å²) in [6, 6.07) is 4.30. The second kappa shape index (κ2) is 6.51. The maximum Gasteiger partial charge on any atom is 0.304 e. The molecule has 0 aliphatic heterocycles. The van der Waals surface area contributed by atoms with Crippen LogP contribution in [-0.2, 0) is 6.54 Å². The zero-order valence-electron chi connectivity index (χ0n) is 11.2. The van der Waals surface area contributed by atoms with Gasteiger partial charge in [0.05, 0.1) is 11.3 Å². The van der Waals surface area contributed by atoms with E-state index in [9.17, 15) is 14.9 Å². The summed E-state index contributed by atoms with van der Waals surface area (Å²) in [4.78, 5) is 26.2. The number of nitrogens with two attached hydrogens (primary N) is 1. The summed E-state index contributed by atoms with van der Waals surface area (Å²) in [5.74, 6) is -0.500. The van der Waals surface area contributed by atoms with Gasteiger partial charge >= 0.3 is 5.69 Å². The summed E-state index contributed by atoms with van der Waals surface area (Å²) in [6.07, 6.45) is 5.88. The summed E-state index contributed by atoms with van der Waals surface area (Å²) in [6.45, 7) is 1.11. The fraction of sp³-hybridized carbons (Fsp3) is 0.231. The fourth-order valence-electron chi connectivity index (χ4n) is 1.93. The normalized spacial score (nSPS) is 10.3. The third-order valence-corrected chi connectivity index (χ3v) is 2.93. The molecule has 21 heavy (non-hydrogen) atoms. The SMILES string of the molecule is Nc1cccc(C(=O)NCCCn2ccnc2)c1[N+](=O)[O-]. The van der Waals surface area contributed by atoms with Crippen molar-refractivity contribution in [1.29, 1.82) is 0 Å². The number of benzene rings is 1. The van der Waals surface area contributed by atoms with Crippen molar-refractivity contribution in [3.05, 3.63) is 52.6 Å². The number of carbonyl (C=O) groups excluding carboxylic acids is 1. The highest BCUT2D eigenvalue weighted by Crippen LogP contribution is 2.25. The van der Waals surface area contributed by atoms with E-state index < -0.39 is 10.8 Å². The van der Waals surface area contributed by atoms with Crippen LogP contribution in [0.2, 0.25) is 0 Å². The zero-order chi connectivity index (χ0) is 15.2. The van der Waals surface area contributed by atoms with Crippen LogP contribution in [0.4, 0.5) is 11.4 Å². The molecule has 1 aromatic carbocycles. The van der Waals surface area contributed by atoms with Gasteiger partial charge in [0.25, 0.3) is 5.91 Å². The number of aryl methyl sites for hydroxylation is 1. The van der Waals surface area contributed by atoms with Crippen LogP contribution in [0.1, 0.15) is 16.8 Å². The lowest BCUT2D eigenvalue weighted by Crippen LogP contribution is -2.26. The second-order valence-electron chi connectivity index (χ2n) is 4.41. The molecule has 110 valence electrons. The van der Waals surface area contributed by atoms with Gasteiger partial charge in [-0.15, -0.1) is 0 Å². The van der Waals surface area contributed by atoms with Crippen molar-refractivity contribution in [1.82, 2.24) is 14.9 Å². The molecule has 0 spiro atoms. The summed E-state index contributed by atoms with van der Waals surface area (Å²) in [5.41, 5.74) is 5.14. The number of anilines is 1. The largest absolute Gasteiger partial charge is 0.393 e. The minimum atomic E-state index is -0.643. The number of rotatable bonds is 6. The second-order valence-corrected chi connectivity index (χ2v) is 4.41. The number of amides is 1. The average Bonchev–Trinajstić information content (AvgIpc) is 2.95. The quantitative estimate of drug-likeness (QED) is 0.358. The lowest BCUT2D eigenvalue weighted by atomic mass is 10.1. The number of hydrogen-bond acceptors (Lipinski definition) is 5. The number of nitro benzene ring substituents is 1. The zero-order valence-corrected chi connectivity index (χ0v) is 11.2. The summed E-state index contributed by atoms with van der Waals surface area (Å²) in [5, 5.41) is 13.6. The molecule has 2 aromatic rings. The highest BCUT2D eigenvalue weighted by Gasteiger charge is 2.22. The van der Waals surface area contributed by atoms with Gasteiger partial charge in [-0.3, -0.25) is 14.9 Å². The molecule has 0 unspecified atom stereocenters. The molecule has 0 atom stereocenters. The van der Waals surface area contributed by atoms with Crippen LogP contribution in [0.5, 0.6) is 0 Å². The van der Waals surface area contributed by atoms with Gasteiger partial charge in [-0.25, -0.2) is 4.98 Å². The smallest absolute Gasteiger partial charge is 0.304 e. The fourth-order valence-corrected chi connectivity index (χ4v) is 1.93. The third kappa shape index (κ3) is 3.56. The van der Waals surface area contributed by atoms with Crippen LogP contribution in [-0.4, -0.2) is 26.9 Å². The number of carbonyl (C=O) groups is 1. The molecule has 2 rings (SSSR count). The molecule has 1 heterocycles. The van der Waals surface area contributed by atoms with E-state index in [0.29, 0.717) is 19.5 Å². The van der Waals surface area contributed by atoms with Crippen LogP contribution in [0.15, 0.2) is 36.9 Å². The molecule has 0 saturated heterocycles. The van der Waals surface area contributed by atoms with E-state index in [4.69, 9.17) is 5.73 Å². The number of nitrogen functional groups attached to an aromatic ring is 1. The minimum Gasteiger partial charge on any atom is -0.393 e. The highest BCUT2D eigenvalue weighted by atomic mass is 16.6. The number of nitrogens with zero attached hydrogens (tertiary/aromatic N) is 3. The summed E-state index contributed by atoms with van der Waals surface area (Å²) in [7, 11) is 0. The molecular formula is C13H15N5O3. The molecule has 0 aliphatic rings. The molecule has 0 aliphatic carbocycles. The average molecular weight is 289 g/mol. The van der Waals surface area contributed by atoms with Crippen LogP contribution < -0.4 is 11.1 Å². The first-order valence-electron chi connectivity index (χ1n) is 6.36. The van der Waals surface area contributed by atoms with E-state index >= 15 is 0 Å². The predicted octanol–water partition coefficient (Wildman–Crippen LogP) is 1.19. The first-order valence-corrected chi connectivity index (χ1v) is 6.36. The minimum absolute atomic E-state index is 0.0222. The maximum atomic E-state index is 12.0. The van der Waals surface area contributed by atoms with Crippen molar-refractivity contribution >= 4 is 17.3 Å². The first kappa shape index (κ1) is 14.5. The van der Waals surface area contributed by atoms with Crippen LogP contribution in [0.25, 0.3) is 0 Å². The van der Waals surface area contributed by atoms with Crippen LogP contribution in [0, 0.1) is 10.1 Å². The Labute approximate surface area is 120 Å². The van der Waals surface area contributed by atoms with Gasteiger partial charge in [-0.2, -0.15) is 0 Å². The van der Waals surface area contributed by atoms with Crippen LogP contribution >= 0.6 is 0 Å². The van der Waals surface area contributed by atoms with Crippen molar-refractivity contribution in [3.8, 4) is 0 Å². The Morgan fingerprint density at radius 1 is 1.48 bits per heavy atom. The molecular weight excluding hydrogens is 274 g/mol. The Bertz CT molecular complexity index is 639. The van der Waals surface area contributed by atoms with E-state index in [2.05, 4.69) is 10.3 Å². The number of nitro groups is 1. The molecule has 8 heteroatoms. The van der Waals surface area contributed by atoms with E-state index in [1.165, 1.54) is 18.2 Å². The lowest BCUT2D eigenvalue weighted by Gasteiger charge is -2.07. The van der Waals surface area contributed by atoms with Crippen LogP contribution in [0.3, 0.4) is 0 Å². The summed E-state index contributed by atoms with van der Waals surface area (Å²) < 4.78 is 1.88. The van der Waals surface area contributed by atoms with E-state index in [0.717, 1.165) is 0 Å². The Morgan fingerprint density at radius 3 is 2.95 bits per heavy atom. The van der Waals surface area contributed by atoms with Gasteiger partial charge in [-0.1, -0.05) is 6.07 Å². The Balaban J connectivity index is 1.94. The predicted molar refractivity (Wildman–Crippen MR) is 76.7 cm³/mol. The van der Waals surface area contributed by atoms with Crippen molar-refractivity contribution in [3.63, 3.8) is 0 Å². The van der Waals surface area contributed by atoms with E-state index in [1.54, 1.807) is 12.5 Å². The molecule has 8 nitrogen and oxygen atoms in total. The molecule has 0 radical (unpaired) electrons.